The lowest BCUT2D eigenvalue weighted by Crippen LogP contribution is -2.51. The molecular formula is C16H33N3O3. The lowest BCUT2D eigenvalue weighted by Gasteiger charge is -2.30. The third-order valence-corrected chi connectivity index (χ3v) is 3.74. The standard InChI is InChI=1S/C16H33N3O3/c1-5-6-7-8-9-15(21)19(4)14(12-13(2)20)16(22)18-11-10-17-3/h14-15,17,21H,5-12H2,1-4H3,(H,18,22). The second-order valence-electron chi connectivity index (χ2n) is 5.81. The molecule has 0 aromatic heterocycles. The fraction of sp³-hybridized carbons (Fsp3) is 0.875. The SMILES string of the molecule is CCCCCCC(O)N(C)C(CC(C)=O)C(=O)NCCNC. The Kier molecular flexibility index (Phi) is 12.0. The minimum Gasteiger partial charge on any atom is -0.378 e. The van der Waals surface area contributed by atoms with Crippen molar-refractivity contribution in [1.82, 2.24) is 15.5 Å². The van der Waals surface area contributed by atoms with Crippen molar-refractivity contribution in [3.8, 4) is 0 Å². The molecule has 0 aliphatic heterocycles. The van der Waals surface area contributed by atoms with Gasteiger partial charge in [0.15, 0.2) is 0 Å². The van der Waals surface area contributed by atoms with Crippen LogP contribution in [0, 0.1) is 0 Å². The first-order chi connectivity index (χ1) is 10.4. The summed E-state index contributed by atoms with van der Waals surface area (Å²) in [6.07, 6.45) is 4.34. The number of ketones is 1. The highest BCUT2D eigenvalue weighted by Crippen LogP contribution is 2.13. The van der Waals surface area contributed by atoms with Crippen LogP contribution in [0.25, 0.3) is 0 Å². The number of Topliss-reactive ketones (excluding diaryl/α,β-unsaturated/α-hetero) is 1. The van der Waals surface area contributed by atoms with Crippen molar-refractivity contribution in [3.05, 3.63) is 0 Å². The average molecular weight is 315 g/mol. The van der Waals surface area contributed by atoms with Gasteiger partial charge in [0.25, 0.3) is 0 Å². The second kappa shape index (κ2) is 12.6. The van der Waals surface area contributed by atoms with Crippen molar-refractivity contribution in [3.63, 3.8) is 0 Å². The Morgan fingerprint density at radius 3 is 2.41 bits per heavy atom. The van der Waals surface area contributed by atoms with Gasteiger partial charge in [-0.2, -0.15) is 0 Å². The van der Waals surface area contributed by atoms with Gasteiger partial charge in [-0.15, -0.1) is 0 Å². The summed E-state index contributed by atoms with van der Waals surface area (Å²) >= 11 is 0. The van der Waals surface area contributed by atoms with Gasteiger partial charge in [-0.25, -0.2) is 0 Å². The molecule has 6 heteroatoms. The summed E-state index contributed by atoms with van der Waals surface area (Å²) in [7, 11) is 3.52. The largest absolute Gasteiger partial charge is 0.378 e. The lowest BCUT2D eigenvalue weighted by atomic mass is 10.1. The molecule has 0 fully saturated rings. The first kappa shape index (κ1) is 21.0. The number of aliphatic hydroxyl groups excluding tert-OH is 1. The van der Waals surface area contributed by atoms with Crippen LogP contribution in [-0.2, 0) is 9.59 Å². The molecule has 0 heterocycles. The fourth-order valence-electron chi connectivity index (χ4n) is 2.29. The molecule has 0 bridgehead atoms. The van der Waals surface area contributed by atoms with E-state index in [1.54, 1.807) is 11.9 Å². The Balaban J connectivity index is 4.50. The monoisotopic (exact) mass is 315 g/mol. The van der Waals surface area contributed by atoms with Gasteiger partial charge >= 0.3 is 0 Å². The highest BCUT2D eigenvalue weighted by molar-refractivity contribution is 5.88. The van der Waals surface area contributed by atoms with E-state index in [4.69, 9.17) is 0 Å². The molecule has 0 saturated heterocycles. The van der Waals surface area contributed by atoms with Crippen molar-refractivity contribution in [1.29, 1.82) is 0 Å². The molecule has 0 spiro atoms. The van der Waals surface area contributed by atoms with E-state index < -0.39 is 12.3 Å². The predicted molar refractivity (Wildman–Crippen MR) is 88.6 cm³/mol. The number of nitrogens with zero attached hydrogens (tertiary/aromatic N) is 1. The number of carbonyl (C=O) groups excluding carboxylic acids is 2. The number of unbranched alkanes of at least 4 members (excludes halogenated alkanes) is 3. The molecular weight excluding hydrogens is 282 g/mol. The fourth-order valence-corrected chi connectivity index (χ4v) is 2.29. The van der Waals surface area contributed by atoms with Gasteiger partial charge in [-0.1, -0.05) is 26.2 Å². The van der Waals surface area contributed by atoms with Crippen LogP contribution >= 0.6 is 0 Å². The van der Waals surface area contributed by atoms with Gasteiger partial charge in [0.05, 0.1) is 6.04 Å². The Morgan fingerprint density at radius 2 is 1.86 bits per heavy atom. The van der Waals surface area contributed by atoms with Gasteiger partial charge < -0.3 is 15.7 Å². The number of aliphatic hydroxyl groups is 1. The van der Waals surface area contributed by atoms with Gasteiger partial charge in [0.2, 0.25) is 5.91 Å². The maximum absolute atomic E-state index is 12.2. The Labute approximate surface area is 134 Å². The molecule has 1 amide bonds. The van der Waals surface area contributed by atoms with Gasteiger partial charge in [0.1, 0.15) is 12.0 Å². The van der Waals surface area contributed by atoms with E-state index in [-0.39, 0.29) is 18.1 Å². The zero-order chi connectivity index (χ0) is 17.0. The maximum Gasteiger partial charge on any atom is 0.237 e. The molecule has 0 saturated carbocycles. The summed E-state index contributed by atoms with van der Waals surface area (Å²) in [5.74, 6) is -0.264. The summed E-state index contributed by atoms with van der Waals surface area (Å²) < 4.78 is 0. The molecule has 0 rings (SSSR count). The van der Waals surface area contributed by atoms with Gasteiger partial charge in [0, 0.05) is 19.5 Å². The van der Waals surface area contributed by atoms with E-state index in [1.807, 2.05) is 7.05 Å². The van der Waals surface area contributed by atoms with Crippen LogP contribution in [0.1, 0.15) is 52.4 Å². The highest BCUT2D eigenvalue weighted by atomic mass is 16.3. The van der Waals surface area contributed by atoms with Gasteiger partial charge in [-0.05, 0) is 33.9 Å². The van der Waals surface area contributed by atoms with E-state index in [9.17, 15) is 14.7 Å². The van der Waals surface area contributed by atoms with Crippen molar-refractivity contribution in [2.24, 2.45) is 0 Å². The number of hydrogen-bond donors (Lipinski definition) is 3. The summed E-state index contributed by atoms with van der Waals surface area (Å²) in [5.41, 5.74) is 0. The predicted octanol–water partition coefficient (Wildman–Crippen LogP) is 0.890. The molecule has 0 aromatic carbocycles. The number of hydrogen-bond acceptors (Lipinski definition) is 5. The van der Waals surface area contributed by atoms with E-state index in [2.05, 4.69) is 17.6 Å². The van der Waals surface area contributed by atoms with Crippen LogP contribution in [0.15, 0.2) is 0 Å². The molecule has 22 heavy (non-hydrogen) atoms. The normalized spacial score (nSPS) is 13.9. The third-order valence-electron chi connectivity index (χ3n) is 3.74. The number of amides is 1. The minimum atomic E-state index is -0.698. The van der Waals surface area contributed by atoms with Crippen molar-refractivity contribution in [2.75, 3.05) is 27.2 Å². The summed E-state index contributed by atoms with van der Waals surface area (Å²) in [6.45, 7) is 4.78. The van der Waals surface area contributed by atoms with E-state index in [0.29, 0.717) is 19.5 Å². The molecule has 2 atom stereocenters. The smallest absolute Gasteiger partial charge is 0.237 e. The number of carbonyl (C=O) groups is 2. The zero-order valence-electron chi connectivity index (χ0n) is 14.5. The summed E-state index contributed by atoms with van der Waals surface area (Å²) in [4.78, 5) is 25.3. The Hall–Kier alpha value is -0.980. The van der Waals surface area contributed by atoms with Gasteiger partial charge in [-0.3, -0.25) is 14.5 Å². The van der Waals surface area contributed by atoms with Crippen LogP contribution < -0.4 is 10.6 Å². The van der Waals surface area contributed by atoms with Crippen LogP contribution in [-0.4, -0.2) is 61.2 Å². The van der Waals surface area contributed by atoms with Crippen molar-refractivity contribution >= 4 is 11.7 Å². The van der Waals surface area contributed by atoms with Crippen molar-refractivity contribution in [2.45, 2.75) is 64.6 Å². The molecule has 0 aliphatic carbocycles. The third kappa shape index (κ3) is 9.12. The van der Waals surface area contributed by atoms with E-state index in [1.165, 1.54) is 6.92 Å². The second-order valence-corrected chi connectivity index (χ2v) is 5.81. The number of nitrogens with one attached hydrogen (secondary N) is 2. The zero-order valence-corrected chi connectivity index (χ0v) is 14.5. The summed E-state index contributed by atoms with van der Waals surface area (Å²) in [6, 6.07) is -0.615. The van der Waals surface area contributed by atoms with Crippen molar-refractivity contribution < 1.29 is 14.7 Å². The molecule has 130 valence electrons. The van der Waals surface area contributed by atoms with Crippen LogP contribution in [0.4, 0.5) is 0 Å². The number of likely N-dealkylation sites (N-methyl/N-ethyl adjacent to an activating group) is 2. The van der Waals surface area contributed by atoms with Crippen LogP contribution in [0.3, 0.4) is 0 Å². The molecule has 0 aromatic rings. The molecule has 2 unspecified atom stereocenters. The first-order valence-corrected chi connectivity index (χ1v) is 8.25. The highest BCUT2D eigenvalue weighted by Gasteiger charge is 2.28. The minimum absolute atomic E-state index is 0.0567. The first-order valence-electron chi connectivity index (χ1n) is 8.25. The Morgan fingerprint density at radius 1 is 1.18 bits per heavy atom. The molecule has 0 radical (unpaired) electrons. The molecule has 0 aliphatic rings. The molecule has 6 nitrogen and oxygen atoms in total. The average Bonchev–Trinajstić information content (AvgIpc) is 2.48. The number of rotatable bonds is 13. The quantitative estimate of drug-likeness (QED) is 0.347. The van der Waals surface area contributed by atoms with Crippen LogP contribution in [0.5, 0.6) is 0 Å². The van der Waals surface area contributed by atoms with E-state index >= 15 is 0 Å². The van der Waals surface area contributed by atoms with Crippen LogP contribution in [0.2, 0.25) is 0 Å². The van der Waals surface area contributed by atoms with E-state index in [0.717, 1.165) is 25.7 Å². The topological polar surface area (TPSA) is 81.7 Å². The molecule has 3 N–H and O–H groups in total. The summed E-state index contributed by atoms with van der Waals surface area (Å²) in [5, 5.41) is 16.0. The lowest BCUT2D eigenvalue weighted by molar-refractivity contribution is -0.134. The maximum atomic E-state index is 12.2. The Bertz CT molecular complexity index is 324.